The van der Waals surface area contributed by atoms with Crippen LogP contribution in [-0.2, 0) is 6.18 Å². The molecule has 5 rings (SSSR count). The van der Waals surface area contributed by atoms with Crippen LogP contribution in [0.4, 0.5) is 33.9 Å². The van der Waals surface area contributed by atoms with Gasteiger partial charge < -0.3 is 15.1 Å². The number of hydrogen-bond donors (Lipinski definition) is 1. The number of benzene rings is 3. The maximum Gasteiger partial charge on any atom is 0.416 e. The molecule has 4 aromatic rings. The Balaban J connectivity index is 1.32. The number of halogens is 4. The molecule has 1 saturated heterocycles. The van der Waals surface area contributed by atoms with Crippen LogP contribution in [0.1, 0.15) is 12.5 Å². The van der Waals surface area contributed by atoms with Gasteiger partial charge in [0.1, 0.15) is 11.5 Å². The lowest BCUT2D eigenvalue weighted by Gasteiger charge is -2.40. The molecule has 0 saturated carbocycles. The Morgan fingerprint density at radius 2 is 1.59 bits per heavy atom. The summed E-state index contributed by atoms with van der Waals surface area (Å²) in [4.78, 5) is 16.5. The van der Waals surface area contributed by atoms with E-state index >= 15 is 0 Å². The number of nitrogens with zero attached hydrogens (tertiary/aromatic N) is 4. The molecule has 1 aliphatic rings. The zero-order chi connectivity index (χ0) is 26.2. The van der Waals surface area contributed by atoms with Crippen molar-refractivity contribution in [3.05, 3.63) is 84.2 Å². The van der Waals surface area contributed by atoms with Gasteiger partial charge in [-0.25, -0.2) is 9.18 Å². The Kier molecular flexibility index (Phi) is 6.41. The number of amides is 2. The first-order chi connectivity index (χ1) is 17.7. The first kappa shape index (κ1) is 24.5. The number of fused-ring (bicyclic) bond motifs is 1. The fourth-order valence-corrected chi connectivity index (χ4v) is 4.52. The standard InChI is InChI=1S/C27H23F4N5O/c1-17-16-35(26(37)32-21-12-8-19(9-13-21)27(29,30)31)14-15-36(17)25-23-5-3-2-4-22(23)24(33-34-25)18-6-10-20(28)11-7-18/h2-13,17H,14-16H2,1H3,(H,32,37)/t17-/m0/s1. The van der Waals surface area contributed by atoms with Gasteiger partial charge in [-0.1, -0.05) is 24.3 Å². The quantitative estimate of drug-likeness (QED) is 0.334. The number of nitrogens with one attached hydrogen (secondary N) is 1. The second-order valence-corrected chi connectivity index (χ2v) is 8.92. The highest BCUT2D eigenvalue weighted by atomic mass is 19.4. The van der Waals surface area contributed by atoms with E-state index in [1.54, 1.807) is 17.0 Å². The van der Waals surface area contributed by atoms with Crippen molar-refractivity contribution >= 4 is 28.3 Å². The van der Waals surface area contributed by atoms with Crippen molar-refractivity contribution in [2.75, 3.05) is 29.9 Å². The monoisotopic (exact) mass is 509 g/mol. The van der Waals surface area contributed by atoms with Gasteiger partial charge >= 0.3 is 12.2 Å². The van der Waals surface area contributed by atoms with Gasteiger partial charge in [-0.3, -0.25) is 0 Å². The molecule has 0 radical (unpaired) electrons. The summed E-state index contributed by atoms with van der Waals surface area (Å²) >= 11 is 0. The van der Waals surface area contributed by atoms with E-state index in [-0.39, 0.29) is 17.9 Å². The number of rotatable bonds is 3. The molecule has 2 amide bonds. The van der Waals surface area contributed by atoms with Crippen molar-refractivity contribution in [1.82, 2.24) is 15.1 Å². The van der Waals surface area contributed by atoms with E-state index in [9.17, 15) is 22.4 Å². The number of piperazine rings is 1. The molecule has 1 aromatic heterocycles. The van der Waals surface area contributed by atoms with Gasteiger partial charge in [0.15, 0.2) is 5.82 Å². The minimum Gasteiger partial charge on any atom is -0.348 e. The Morgan fingerprint density at radius 3 is 2.24 bits per heavy atom. The third-order valence-corrected chi connectivity index (χ3v) is 6.44. The van der Waals surface area contributed by atoms with Crippen molar-refractivity contribution in [3.8, 4) is 11.3 Å². The van der Waals surface area contributed by atoms with Gasteiger partial charge in [0.2, 0.25) is 0 Å². The molecule has 1 aliphatic heterocycles. The first-order valence-electron chi connectivity index (χ1n) is 11.7. The first-order valence-corrected chi connectivity index (χ1v) is 11.7. The van der Waals surface area contributed by atoms with Crippen LogP contribution in [-0.4, -0.2) is 46.8 Å². The Bertz CT molecular complexity index is 1420. The lowest BCUT2D eigenvalue weighted by Crippen LogP contribution is -2.55. The van der Waals surface area contributed by atoms with E-state index in [0.717, 1.165) is 28.5 Å². The van der Waals surface area contributed by atoms with E-state index in [0.29, 0.717) is 36.8 Å². The molecule has 0 bridgehead atoms. The Labute approximate surface area is 210 Å². The van der Waals surface area contributed by atoms with Crippen molar-refractivity contribution in [2.24, 2.45) is 0 Å². The van der Waals surface area contributed by atoms with Gasteiger partial charge in [0, 0.05) is 47.7 Å². The zero-order valence-electron chi connectivity index (χ0n) is 19.8. The number of carbonyl (C=O) groups excluding carboxylic acids is 1. The molecule has 1 N–H and O–H groups in total. The van der Waals surface area contributed by atoms with E-state index in [1.807, 2.05) is 31.2 Å². The maximum absolute atomic E-state index is 13.4. The fourth-order valence-electron chi connectivity index (χ4n) is 4.52. The average Bonchev–Trinajstić information content (AvgIpc) is 2.88. The third-order valence-electron chi connectivity index (χ3n) is 6.44. The number of hydrogen-bond acceptors (Lipinski definition) is 4. The third kappa shape index (κ3) is 5.04. The molecule has 37 heavy (non-hydrogen) atoms. The highest BCUT2D eigenvalue weighted by Gasteiger charge is 2.31. The molecule has 1 atom stereocenters. The van der Waals surface area contributed by atoms with Crippen LogP contribution >= 0.6 is 0 Å². The summed E-state index contributed by atoms with van der Waals surface area (Å²) < 4.78 is 51.8. The van der Waals surface area contributed by atoms with Crippen LogP contribution in [0.15, 0.2) is 72.8 Å². The lowest BCUT2D eigenvalue weighted by molar-refractivity contribution is -0.137. The summed E-state index contributed by atoms with van der Waals surface area (Å²) in [7, 11) is 0. The van der Waals surface area contributed by atoms with Crippen molar-refractivity contribution < 1.29 is 22.4 Å². The van der Waals surface area contributed by atoms with Gasteiger partial charge in [0.05, 0.1) is 5.56 Å². The predicted octanol–water partition coefficient (Wildman–Crippen LogP) is 6.20. The highest BCUT2D eigenvalue weighted by molar-refractivity contribution is 6.00. The fraction of sp³-hybridized carbons (Fsp3) is 0.222. The molecule has 10 heteroatoms. The number of anilines is 2. The summed E-state index contributed by atoms with van der Waals surface area (Å²) in [5.74, 6) is 0.364. The number of urea groups is 1. The SMILES string of the molecule is C[C@H]1CN(C(=O)Nc2ccc(C(F)(F)F)cc2)CCN1c1nnc(-c2ccc(F)cc2)c2ccccc12. The van der Waals surface area contributed by atoms with Gasteiger partial charge in [0.25, 0.3) is 0 Å². The van der Waals surface area contributed by atoms with Crippen LogP contribution in [0.2, 0.25) is 0 Å². The topological polar surface area (TPSA) is 61.4 Å². The molecule has 1 fully saturated rings. The summed E-state index contributed by atoms with van der Waals surface area (Å²) in [6, 6.07) is 17.7. The molecule has 0 unspecified atom stereocenters. The van der Waals surface area contributed by atoms with Crippen molar-refractivity contribution in [3.63, 3.8) is 0 Å². The molecular formula is C27H23F4N5O. The molecule has 0 spiro atoms. The lowest BCUT2D eigenvalue weighted by atomic mass is 10.0. The van der Waals surface area contributed by atoms with Crippen LogP contribution in [0.5, 0.6) is 0 Å². The Hall–Kier alpha value is -4.21. The molecular weight excluding hydrogens is 486 g/mol. The van der Waals surface area contributed by atoms with Gasteiger partial charge in [-0.15, -0.1) is 10.2 Å². The summed E-state index contributed by atoms with van der Waals surface area (Å²) in [5, 5.41) is 13.4. The normalized spacial score (nSPS) is 16.2. The zero-order valence-corrected chi connectivity index (χ0v) is 19.8. The number of aromatic nitrogens is 2. The predicted molar refractivity (Wildman–Crippen MR) is 134 cm³/mol. The second-order valence-electron chi connectivity index (χ2n) is 8.92. The number of carbonyl (C=O) groups is 1. The van der Waals surface area contributed by atoms with Crippen molar-refractivity contribution in [1.29, 1.82) is 0 Å². The summed E-state index contributed by atoms with van der Waals surface area (Å²) in [5.41, 5.74) is 0.934. The molecule has 6 nitrogen and oxygen atoms in total. The largest absolute Gasteiger partial charge is 0.416 e. The van der Waals surface area contributed by atoms with Crippen LogP contribution in [0, 0.1) is 5.82 Å². The van der Waals surface area contributed by atoms with E-state index in [2.05, 4.69) is 20.4 Å². The molecule has 190 valence electrons. The smallest absolute Gasteiger partial charge is 0.348 e. The van der Waals surface area contributed by atoms with E-state index in [1.165, 1.54) is 24.3 Å². The molecule has 2 heterocycles. The minimum absolute atomic E-state index is 0.0958. The second kappa shape index (κ2) is 9.68. The average molecular weight is 510 g/mol. The number of alkyl halides is 3. The molecule has 3 aromatic carbocycles. The maximum atomic E-state index is 13.4. The van der Waals surface area contributed by atoms with E-state index < -0.39 is 11.7 Å². The van der Waals surface area contributed by atoms with Crippen molar-refractivity contribution in [2.45, 2.75) is 19.1 Å². The van der Waals surface area contributed by atoms with Crippen LogP contribution < -0.4 is 10.2 Å². The van der Waals surface area contributed by atoms with Gasteiger partial charge in [-0.05, 0) is 55.5 Å². The van der Waals surface area contributed by atoms with E-state index in [4.69, 9.17) is 0 Å². The van der Waals surface area contributed by atoms with Gasteiger partial charge in [-0.2, -0.15) is 13.2 Å². The summed E-state index contributed by atoms with van der Waals surface area (Å²) in [6.45, 7) is 3.26. The molecule has 0 aliphatic carbocycles. The summed E-state index contributed by atoms with van der Waals surface area (Å²) in [6.07, 6.45) is -4.43. The van der Waals surface area contributed by atoms with Crippen LogP contribution in [0.25, 0.3) is 22.0 Å². The Morgan fingerprint density at radius 1 is 0.919 bits per heavy atom. The minimum atomic E-state index is -4.43. The van der Waals surface area contributed by atoms with Crippen LogP contribution in [0.3, 0.4) is 0 Å². The highest BCUT2D eigenvalue weighted by Crippen LogP contribution is 2.33.